The summed E-state index contributed by atoms with van der Waals surface area (Å²) in [6, 6.07) is -17.7. The van der Waals surface area contributed by atoms with Crippen molar-refractivity contribution in [2.45, 2.75) is 280 Å². The van der Waals surface area contributed by atoms with Crippen molar-refractivity contribution in [1.82, 2.24) is 111 Å². The van der Waals surface area contributed by atoms with Gasteiger partial charge in [0.15, 0.2) is 0 Å². The summed E-state index contributed by atoms with van der Waals surface area (Å²) in [5, 5.41) is 145. The lowest BCUT2D eigenvalue weighted by molar-refractivity contribution is -0.142. The zero-order valence-electron chi connectivity index (χ0n) is 83.6. The molecule has 2 aromatic carbocycles. The number of nitrogens with two attached hydrogens (primary N) is 3. The fourth-order valence-corrected chi connectivity index (χ4v) is 13.8. The number of carboxylic acid groups (broad SMARTS) is 4. The number of benzene rings is 2. The van der Waals surface area contributed by atoms with Crippen molar-refractivity contribution in [2.75, 3.05) is 39.5 Å². The average Bonchev–Trinajstić information content (AvgIpc) is 1.55. The van der Waals surface area contributed by atoms with Gasteiger partial charge in [0.05, 0.1) is 69.6 Å². The number of rotatable bonds is 68. The molecule has 0 fully saturated rings. The standard InChI is InChI=1S/C91H138N24O34/c1-42(2)30-57(79(137)102-53(24-27-67(125)126)76(134)96-36-65(123)101-55(23-26-64(94)122)78(136)100-44(5)73(131)99-45(6)74(132)103-56(89(147)148)18-14-15-29-92)104-80(138)58(32-49-19-21-51(121)22-20-49)105-83(141)61(38-116)108-85(143)63(40-118)109-86(144)70(43(3)4)113-82(140)60(34-69(129)130)106-84(142)62(39-117)110-88(146)72(47(8)120)114-81(139)59(31-48-16-12-11-13-17-48)107-87(145)71(46(7)119)112-66(124)37-97-77(135)54(25-28-68(127)128)111-90(149)91(9,10)115-75(133)52(93)33-50-35-95-41-98-50/h11-13,16-17,19-22,35,41-47,52-63,70-72,116-121H,14-15,18,23-34,36-40,92-93H2,1-10H3,(H2,94,122)(H,95,98)(H,96,134)(H,97,135)(H,99,131)(H,100,136)(H,101,123)(H,102,137)(H,103,132)(H,104,138)(H,105,141)(H,106,142)(H,107,145)(H,108,143)(H,109,144)(H,110,146)(H,111,149)(H,112,124)(H,113,140)(H,114,139)(H,115,133)(H,125,126)(H,127,128)(H,129,130)(H,147,148)/t44-,45-,46+,47+,52+,53-,54-,55-,56-,57-,58-,59-,60-,61-,62-,63-,70-,71-,72-/m0/s1. The molecule has 3 rings (SSSR count). The van der Waals surface area contributed by atoms with Gasteiger partial charge in [0.1, 0.15) is 108 Å². The number of aliphatic hydroxyl groups excluding tert-OH is 5. The van der Waals surface area contributed by atoms with Gasteiger partial charge in [-0.2, -0.15) is 0 Å². The van der Waals surface area contributed by atoms with Gasteiger partial charge in [-0.15, -0.1) is 0 Å². The molecule has 20 amide bonds. The molecule has 1 aromatic heterocycles. The number of carboxylic acids is 4. The van der Waals surface area contributed by atoms with Crippen molar-refractivity contribution in [3.05, 3.63) is 83.9 Å². The van der Waals surface area contributed by atoms with Crippen molar-refractivity contribution < 1.29 is 166 Å². The molecule has 0 aliphatic rings. The number of hydrogen-bond donors (Lipinski definition) is 33. The number of H-pyrrole nitrogens is 1. The Kier molecular flexibility index (Phi) is 54.6. The topological polar surface area (TPSA) is 947 Å². The normalized spacial score (nSPS) is 15.0. The first kappa shape index (κ1) is 128. The molecule has 36 N–H and O–H groups in total. The quantitative estimate of drug-likeness (QED) is 0.0233. The van der Waals surface area contributed by atoms with Crippen LogP contribution in [-0.4, -0.2) is 363 Å². The highest BCUT2D eigenvalue weighted by atomic mass is 16.4. The van der Waals surface area contributed by atoms with Crippen LogP contribution in [0.1, 0.15) is 157 Å². The monoisotopic (exact) mass is 2110 g/mol. The Morgan fingerprint density at radius 1 is 0.389 bits per heavy atom. The first-order chi connectivity index (χ1) is 69.8. The molecule has 0 saturated heterocycles. The maximum absolute atomic E-state index is 14.6. The van der Waals surface area contributed by atoms with Crippen molar-refractivity contribution in [3.8, 4) is 5.75 Å². The minimum Gasteiger partial charge on any atom is -0.508 e. The number of aromatic hydroxyl groups is 1. The Balaban J connectivity index is 1.81. The third kappa shape index (κ3) is 46.4. The minimum atomic E-state index is -2.23. The summed E-state index contributed by atoms with van der Waals surface area (Å²) in [5.74, 6) is -31.6. The van der Waals surface area contributed by atoms with E-state index in [1.165, 1.54) is 103 Å². The summed E-state index contributed by atoms with van der Waals surface area (Å²) in [5.41, 5.74) is 16.0. The van der Waals surface area contributed by atoms with Crippen LogP contribution in [0.3, 0.4) is 0 Å². The molecule has 3 aromatic rings. The predicted molar refractivity (Wildman–Crippen MR) is 517 cm³/mol. The SMILES string of the molecule is CC(C)C[C@H](NC(=O)[C@H](Cc1ccc(O)cc1)NC(=O)[C@H](CO)NC(=O)[C@H](CO)NC(=O)[C@@H](NC(=O)[C@H](CC(=O)O)NC(=O)[C@H](CO)NC(=O)[C@@H](NC(=O)[C@H](Cc1ccccc1)NC(=O)[C@@H](NC(=O)CNC(=O)[C@H](CCC(=O)O)NC(=O)C(C)(C)NC(=O)[C@H](N)Cc1c[nH]cn1)[C@@H](C)O)[C@@H](C)O)C(C)C)C(=O)N[C@@H](CCC(=O)O)C(=O)NCC(=O)N[C@@H](CCC(N)=O)C(=O)N[C@@H](C)C(=O)N[C@@H](C)C(=O)N[C@@H](CCCCN)C(=O)O. The highest BCUT2D eigenvalue weighted by Crippen LogP contribution is 2.17. The number of aromatic amines is 1. The lowest BCUT2D eigenvalue weighted by Gasteiger charge is -2.29. The molecular formula is C91H138N24O34. The van der Waals surface area contributed by atoms with Crippen LogP contribution in [0.4, 0.5) is 0 Å². The van der Waals surface area contributed by atoms with Gasteiger partial charge in [-0.05, 0) is 128 Å². The van der Waals surface area contributed by atoms with Crippen LogP contribution >= 0.6 is 0 Å². The summed E-state index contributed by atoms with van der Waals surface area (Å²) in [4.78, 5) is 329. The fourth-order valence-electron chi connectivity index (χ4n) is 13.8. The van der Waals surface area contributed by atoms with Gasteiger partial charge in [0, 0.05) is 44.7 Å². The van der Waals surface area contributed by atoms with Crippen LogP contribution in [0.5, 0.6) is 5.75 Å². The second kappa shape index (κ2) is 63.8. The molecule has 826 valence electrons. The van der Waals surface area contributed by atoms with Crippen LogP contribution in [0.15, 0.2) is 67.1 Å². The number of unbranched alkanes of at least 4 members (excludes halogenated alkanes) is 1. The number of phenolic OH excluding ortho intramolecular Hbond substituents is 1. The second-order valence-corrected chi connectivity index (χ2v) is 36.1. The van der Waals surface area contributed by atoms with Gasteiger partial charge in [-0.1, -0.05) is 70.2 Å². The number of nitrogens with zero attached hydrogens (tertiary/aromatic N) is 1. The van der Waals surface area contributed by atoms with E-state index in [-0.39, 0.29) is 37.1 Å². The van der Waals surface area contributed by atoms with E-state index in [2.05, 4.69) is 100 Å². The molecule has 0 unspecified atom stereocenters. The van der Waals surface area contributed by atoms with Crippen LogP contribution < -0.4 is 118 Å². The highest BCUT2D eigenvalue weighted by Gasteiger charge is 2.42. The van der Waals surface area contributed by atoms with Crippen LogP contribution in [0.2, 0.25) is 0 Å². The van der Waals surface area contributed by atoms with Crippen molar-refractivity contribution >= 4 is 142 Å². The number of imidazole rings is 1. The van der Waals surface area contributed by atoms with E-state index in [1.807, 2.05) is 10.6 Å². The number of carbonyl (C=O) groups excluding carboxylic acids is 20. The summed E-state index contributed by atoms with van der Waals surface area (Å²) < 4.78 is 0. The molecule has 19 atom stereocenters. The molecule has 0 saturated carbocycles. The van der Waals surface area contributed by atoms with Gasteiger partial charge in [-0.25, -0.2) is 9.78 Å². The fraction of sp³-hybridized carbons (Fsp3) is 0.571. The number of aliphatic hydroxyl groups is 5. The largest absolute Gasteiger partial charge is 0.508 e. The minimum absolute atomic E-state index is 0.0263. The number of primary amides is 1. The van der Waals surface area contributed by atoms with Crippen LogP contribution in [-0.2, 0) is 134 Å². The summed E-state index contributed by atoms with van der Waals surface area (Å²) in [6.45, 7) is 7.02. The molecule has 1 heterocycles. The van der Waals surface area contributed by atoms with Crippen LogP contribution in [0, 0.1) is 11.8 Å². The molecule has 58 nitrogen and oxygen atoms in total. The number of carbonyl (C=O) groups is 24. The van der Waals surface area contributed by atoms with E-state index in [0.717, 1.165) is 13.8 Å². The highest BCUT2D eigenvalue weighted by molar-refractivity contribution is 6.03. The van der Waals surface area contributed by atoms with Gasteiger partial charge in [0.25, 0.3) is 0 Å². The van der Waals surface area contributed by atoms with Gasteiger partial charge in [0.2, 0.25) is 118 Å². The number of phenols is 1. The van der Waals surface area contributed by atoms with Gasteiger partial charge < -0.3 is 174 Å². The molecule has 0 aliphatic heterocycles. The van der Waals surface area contributed by atoms with E-state index < -0.39 is 365 Å². The molecule has 149 heavy (non-hydrogen) atoms. The number of aliphatic carboxylic acids is 4. The van der Waals surface area contributed by atoms with Gasteiger partial charge in [-0.3, -0.25) is 110 Å². The lowest BCUT2D eigenvalue weighted by atomic mass is 10.00. The first-order valence-electron chi connectivity index (χ1n) is 47.2. The number of amides is 20. The van der Waals surface area contributed by atoms with Crippen molar-refractivity contribution in [2.24, 2.45) is 29.0 Å². The van der Waals surface area contributed by atoms with E-state index in [9.17, 15) is 166 Å². The van der Waals surface area contributed by atoms with E-state index >= 15 is 0 Å². The number of aromatic nitrogens is 2. The Bertz CT molecular complexity index is 5110. The molecule has 0 spiro atoms. The Morgan fingerprint density at radius 3 is 1.24 bits per heavy atom. The third-order valence-corrected chi connectivity index (χ3v) is 22.2. The van der Waals surface area contributed by atoms with Crippen molar-refractivity contribution in [3.63, 3.8) is 0 Å². The zero-order chi connectivity index (χ0) is 113. The Hall–Kier alpha value is -15.5. The summed E-state index contributed by atoms with van der Waals surface area (Å²) >= 11 is 0. The zero-order valence-corrected chi connectivity index (χ0v) is 83.6. The predicted octanol–water partition coefficient (Wildman–Crippen LogP) is -12.5. The summed E-state index contributed by atoms with van der Waals surface area (Å²) in [7, 11) is 0. The molecule has 0 radical (unpaired) electrons. The maximum atomic E-state index is 14.6. The lowest BCUT2D eigenvalue weighted by Crippen LogP contribution is -2.63. The number of nitrogens with one attached hydrogen (secondary N) is 20. The van der Waals surface area contributed by atoms with E-state index in [0.29, 0.717) is 24.1 Å². The van der Waals surface area contributed by atoms with E-state index in [4.69, 9.17) is 17.2 Å². The number of hydrogen-bond acceptors (Lipinski definition) is 33. The third-order valence-electron chi connectivity index (χ3n) is 22.2. The first-order valence-corrected chi connectivity index (χ1v) is 47.2. The van der Waals surface area contributed by atoms with E-state index in [1.54, 1.807) is 19.9 Å². The molecular weight excluding hydrogens is 1970 g/mol. The van der Waals surface area contributed by atoms with Crippen molar-refractivity contribution in [1.29, 1.82) is 0 Å². The molecule has 58 heteroatoms. The summed E-state index contributed by atoms with van der Waals surface area (Å²) in [6.07, 6.45) is -6.31. The second-order valence-electron chi connectivity index (χ2n) is 36.1. The molecule has 0 bridgehead atoms. The Morgan fingerprint density at radius 2 is 0.779 bits per heavy atom. The van der Waals surface area contributed by atoms with Gasteiger partial charge >= 0.3 is 23.9 Å². The molecule has 0 aliphatic carbocycles. The Labute approximate surface area is 853 Å². The smallest absolute Gasteiger partial charge is 0.326 e. The maximum Gasteiger partial charge on any atom is 0.326 e. The van der Waals surface area contributed by atoms with Crippen LogP contribution in [0.25, 0.3) is 0 Å². The average molecular weight is 2110 g/mol.